The van der Waals surface area contributed by atoms with E-state index in [-0.39, 0.29) is 4.90 Å². The molecule has 120 valence electrons. The van der Waals surface area contributed by atoms with Crippen LogP contribution in [0.4, 0.5) is 0 Å². The molecule has 1 aromatic carbocycles. The highest BCUT2D eigenvalue weighted by atomic mass is 35.5. The third-order valence-corrected chi connectivity index (χ3v) is 4.97. The summed E-state index contributed by atoms with van der Waals surface area (Å²) in [6.07, 6.45) is 1.98. The van der Waals surface area contributed by atoms with Gasteiger partial charge in [0, 0.05) is 22.6 Å². The summed E-state index contributed by atoms with van der Waals surface area (Å²) >= 11 is 5.96. The van der Waals surface area contributed by atoms with E-state index in [4.69, 9.17) is 16.3 Å². The molecule has 0 unspecified atom stereocenters. The number of ether oxygens (including phenoxy) is 1. The Labute approximate surface area is 135 Å². The molecule has 0 bridgehead atoms. The van der Waals surface area contributed by atoms with Crippen molar-refractivity contribution in [2.45, 2.75) is 37.6 Å². The number of carbonyl (C=O) groups is 1. The van der Waals surface area contributed by atoms with Gasteiger partial charge in [0.15, 0.2) is 0 Å². The Balaban J connectivity index is 2.51. The minimum absolute atomic E-state index is 0.0824. The van der Waals surface area contributed by atoms with E-state index in [0.717, 1.165) is 0 Å². The third-order valence-electron chi connectivity index (χ3n) is 2.90. The SMILES string of the molecule is CC(C)(C)NS(=O)(=O)c1ccc(Cl)cc1C=C1CCOC1=O. The summed E-state index contributed by atoms with van der Waals surface area (Å²) < 4.78 is 32.5. The van der Waals surface area contributed by atoms with Crippen LogP contribution in [0.1, 0.15) is 32.8 Å². The van der Waals surface area contributed by atoms with E-state index in [1.165, 1.54) is 24.3 Å². The second-order valence-corrected chi connectivity index (χ2v) is 8.18. The van der Waals surface area contributed by atoms with Crippen molar-refractivity contribution < 1.29 is 17.9 Å². The van der Waals surface area contributed by atoms with Crippen LogP contribution in [0, 0.1) is 0 Å². The molecular weight excluding hydrogens is 326 g/mol. The maximum atomic E-state index is 12.5. The average molecular weight is 344 g/mol. The number of hydrogen-bond donors (Lipinski definition) is 1. The maximum absolute atomic E-state index is 12.5. The van der Waals surface area contributed by atoms with Crippen LogP contribution in [0.25, 0.3) is 6.08 Å². The van der Waals surface area contributed by atoms with Gasteiger partial charge in [-0.25, -0.2) is 17.9 Å². The highest BCUT2D eigenvalue weighted by Gasteiger charge is 2.25. The zero-order chi connectivity index (χ0) is 16.5. The summed E-state index contributed by atoms with van der Waals surface area (Å²) in [5, 5.41) is 0.396. The van der Waals surface area contributed by atoms with Gasteiger partial charge < -0.3 is 4.74 Å². The van der Waals surface area contributed by atoms with E-state index in [1.807, 2.05) is 0 Å². The molecule has 0 amide bonds. The van der Waals surface area contributed by atoms with E-state index in [1.54, 1.807) is 20.8 Å². The highest BCUT2D eigenvalue weighted by molar-refractivity contribution is 7.89. The van der Waals surface area contributed by atoms with Crippen molar-refractivity contribution in [1.82, 2.24) is 4.72 Å². The molecule has 0 atom stereocenters. The van der Waals surface area contributed by atoms with Gasteiger partial charge in [0.25, 0.3) is 0 Å². The molecule has 22 heavy (non-hydrogen) atoms. The van der Waals surface area contributed by atoms with Crippen LogP contribution in [-0.2, 0) is 19.6 Å². The molecule has 0 saturated carbocycles. The van der Waals surface area contributed by atoms with Gasteiger partial charge in [-0.1, -0.05) is 11.6 Å². The summed E-state index contributed by atoms with van der Waals surface area (Å²) in [7, 11) is -3.73. The summed E-state index contributed by atoms with van der Waals surface area (Å²) in [4.78, 5) is 11.6. The van der Waals surface area contributed by atoms with Crippen molar-refractivity contribution in [3.05, 3.63) is 34.4 Å². The zero-order valence-corrected chi connectivity index (χ0v) is 14.2. The monoisotopic (exact) mass is 343 g/mol. The Kier molecular flexibility index (Phi) is 4.65. The number of rotatable bonds is 3. The lowest BCUT2D eigenvalue weighted by Crippen LogP contribution is -2.40. The Morgan fingerprint density at radius 1 is 1.32 bits per heavy atom. The second-order valence-electron chi connectivity index (χ2n) is 6.09. The van der Waals surface area contributed by atoms with Crippen molar-refractivity contribution in [3.63, 3.8) is 0 Å². The zero-order valence-electron chi connectivity index (χ0n) is 12.6. The number of hydrogen-bond acceptors (Lipinski definition) is 4. The predicted octanol–water partition coefficient (Wildman–Crippen LogP) is 2.75. The van der Waals surface area contributed by atoms with Crippen LogP contribution in [0.3, 0.4) is 0 Å². The fourth-order valence-electron chi connectivity index (χ4n) is 2.10. The first-order valence-electron chi connectivity index (χ1n) is 6.80. The maximum Gasteiger partial charge on any atom is 0.334 e. The first-order valence-corrected chi connectivity index (χ1v) is 8.66. The highest BCUT2D eigenvalue weighted by Crippen LogP contribution is 2.26. The van der Waals surface area contributed by atoms with Crippen LogP contribution in [0.5, 0.6) is 0 Å². The van der Waals surface area contributed by atoms with Gasteiger partial charge in [0.05, 0.1) is 11.5 Å². The Morgan fingerprint density at radius 2 is 2.00 bits per heavy atom. The molecule has 1 aliphatic heterocycles. The van der Waals surface area contributed by atoms with E-state index in [9.17, 15) is 13.2 Å². The van der Waals surface area contributed by atoms with Crippen LogP contribution in [0.15, 0.2) is 28.7 Å². The van der Waals surface area contributed by atoms with Gasteiger partial charge in [-0.3, -0.25) is 0 Å². The first kappa shape index (κ1) is 17.0. The summed E-state index contributed by atoms with van der Waals surface area (Å²) in [5.74, 6) is -0.424. The summed E-state index contributed by atoms with van der Waals surface area (Å²) in [5.41, 5.74) is 0.197. The number of esters is 1. The quantitative estimate of drug-likeness (QED) is 0.676. The van der Waals surface area contributed by atoms with Crippen molar-refractivity contribution in [2.75, 3.05) is 6.61 Å². The molecular formula is C15H18ClNO4S. The molecule has 7 heteroatoms. The molecule has 1 heterocycles. The van der Waals surface area contributed by atoms with Gasteiger partial charge in [-0.15, -0.1) is 0 Å². The standard InChI is InChI=1S/C15H18ClNO4S/c1-15(2,3)17-22(19,20)13-5-4-12(16)9-11(13)8-10-6-7-21-14(10)18/h4-5,8-9,17H,6-7H2,1-3H3. The Morgan fingerprint density at radius 3 is 2.55 bits per heavy atom. The van der Waals surface area contributed by atoms with Crippen molar-refractivity contribution in [1.29, 1.82) is 0 Å². The molecule has 0 aromatic heterocycles. The second kappa shape index (κ2) is 6.02. The van der Waals surface area contributed by atoms with E-state index in [2.05, 4.69) is 4.72 Å². The minimum Gasteiger partial charge on any atom is -0.462 e. The molecule has 0 aliphatic carbocycles. The topological polar surface area (TPSA) is 72.5 Å². The molecule has 0 spiro atoms. The number of sulfonamides is 1. The van der Waals surface area contributed by atoms with Crippen molar-refractivity contribution in [2.24, 2.45) is 0 Å². The first-order chi connectivity index (χ1) is 10.1. The molecule has 2 rings (SSSR count). The normalized spacial score (nSPS) is 17.8. The van der Waals surface area contributed by atoms with Gasteiger partial charge in [-0.05, 0) is 50.6 Å². The molecule has 1 saturated heterocycles. The predicted molar refractivity (Wildman–Crippen MR) is 85.1 cm³/mol. The number of benzene rings is 1. The molecule has 1 aromatic rings. The fraction of sp³-hybridized carbons (Fsp3) is 0.400. The Hall–Kier alpha value is -1.37. The molecule has 0 radical (unpaired) electrons. The van der Waals surface area contributed by atoms with Crippen molar-refractivity contribution >= 4 is 33.7 Å². The van der Waals surface area contributed by atoms with Crippen LogP contribution in [0.2, 0.25) is 5.02 Å². The lowest BCUT2D eigenvalue weighted by molar-refractivity contribution is -0.134. The number of halogens is 1. The van der Waals surface area contributed by atoms with Crippen LogP contribution >= 0.6 is 11.6 Å². The van der Waals surface area contributed by atoms with E-state index < -0.39 is 21.5 Å². The van der Waals surface area contributed by atoms with Gasteiger partial charge >= 0.3 is 5.97 Å². The number of carbonyl (C=O) groups excluding carboxylic acids is 1. The smallest absolute Gasteiger partial charge is 0.334 e. The molecule has 5 nitrogen and oxygen atoms in total. The van der Waals surface area contributed by atoms with Crippen molar-refractivity contribution in [3.8, 4) is 0 Å². The fourth-order valence-corrected chi connectivity index (χ4v) is 3.87. The number of cyclic esters (lactones) is 1. The largest absolute Gasteiger partial charge is 0.462 e. The lowest BCUT2D eigenvalue weighted by atomic mass is 10.1. The molecule has 1 fully saturated rings. The van der Waals surface area contributed by atoms with Gasteiger partial charge in [0.2, 0.25) is 10.0 Å². The molecule has 1 aliphatic rings. The van der Waals surface area contributed by atoms with Crippen LogP contribution < -0.4 is 4.72 Å². The van der Waals surface area contributed by atoms with E-state index >= 15 is 0 Å². The third kappa shape index (κ3) is 4.09. The summed E-state index contributed by atoms with van der Waals surface area (Å²) in [6.45, 7) is 5.58. The number of nitrogens with one attached hydrogen (secondary N) is 1. The summed E-state index contributed by atoms with van der Waals surface area (Å²) in [6, 6.07) is 4.47. The van der Waals surface area contributed by atoms with Gasteiger partial charge in [-0.2, -0.15) is 0 Å². The van der Waals surface area contributed by atoms with Gasteiger partial charge in [0.1, 0.15) is 0 Å². The Bertz CT molecular complexity index is 732. The minimum atomic E-state index is -3.73. The van der Waals surface area contributed by atoms with E-state index in [0.29, 0.717) is 29.2 Å². The lowest BCUT2D eigenvalue weighted by Gasteiger charge is -2.21. The molecule has 1 N–H and O–H groups in total. The van der Waals surface area contributed by atoms with Crippen LogP contribution in [-0.4, -0.2) is 26.5 Å². The average Bonchev–Trinajstić information content (AvgIpc) is 2.71.